The highest BCUT2D eigenvalue weighted by Crippen LogP contribution is 2.35. The number of rotatable bonds is 8. The fraction of sp³-hybridized carbons (Fsp3) is 0.333. The first kappa shape index (κ1) is 20.5. The van der Waals surface area contributed by atoms with Crippen LogP contribution in [-0.2, 0) is 17.8 Å². The number of imidazole rings is 1. The Labute approximate surface area is 177 Å². The van der Waals surface area contributed by atoms with Crippen molar-refractivity contribution >= 4 is 22.7 Å². The number of aromatic nitrogens is 3. The zero-order valence-electron chi connectivity index (χ0n) is 17.1. The number of nitrogens with zero attached hydrogens (tertiary/aromatic N) is 2. The number of carbonyl (C=O) groups is 2. The number of hydrogen-bond donors (Lipinski definition) is 3. The van der Waals surface area contributed by atoms with Crippen LogP contribution in [-0.4, -0.2) is 46.2 Å². The van der Waals surface area contributed by atoms with Gasteiger partial charge in [-0.05, 0) is 13.0 Å². The number of ether oxygens (including phenoxy) is 2. The summed E-state index contributed by atoms with van der Waals surface area (Å²) in [6.45, 7) is 3.18. The van der Waals surface area contributed by atoms with Gasteiger partial charge in [0.15, 0.2) is 11.5 Å². The third-order valence-corrected chi connectivity index (χ3v) is 5.07. The molecule has 0 unspecified atom stereocenters. The van der Waals surface area contributed by atoms with Crippen molar-refractivity contribution in [2.24, 2.45) is 0 Å². The Morgan fingerprint density at radius 3 is 2.74 bits per heavy atom. The highest BCUT2D eigenvalue weighted by atomic mass is 16.7. The van der Waals surface area contributed by atoms with Gasteiger partial charge in [0.2, 0.25) is 18.1 Å². The summed E-state index contributed by atoms with van der Waals surface area (Å²) in [4.78, 5) is 44.4. The molecule has 10 heteroatoms. The summed E-state index contributed by atoms with van der Waals surface area (Å²) in [6.07, 6.45) is 5.58. The van der Waals surface area contributed by atoms with E-state index >= 15 is 0 Å². The number of aryl methyl sites for hydroxylation is 1. The van der Waals surface area contributed by atoms with Crippen LogP contribution in [0.2, 0.25) is 0 Å². The molecule has 1 aromatic carbocycles. The topological polar surface area (TPSA) is 127 Å². The minimum Gasteiger partial charge on any atom is -0.454 e. The second kappa shape index (κ2) is 8.90. The van der Waals surface area contributed by atoms with Gasteiger partial charge in [-0.3, -0.25) is 14.4 Å². The van der Waals surface area contributed by atoms with Crippen LogP contribution < -0.4 is 25.5 Å². The Morgan fingerprint density at radius 1 is 1.19 bits per heavy atom. The number of aromatic amines is 1. The van der Waals surface area contributed by atoms with E-state index in [4.69, 9.17) is 9.47 Å². The van der Waals surface area contributed by atoms with Crippen LogP contribution in [0, 0.1) is 0 Å². The molecule has 0 radical (unpaired) electrons. The van der Waals surface area contributed by atoms with Crippen LogP contribution in [0.15, 0.2) is 35.6 Å². The Bertz CT molecular complexity index is 1170. The summed E-state index contributed by atoms with van der Waals surface area (Å²) in [5, 5.41) is 5.82. The third-order valence-electron chi connectivity index (χ3n) is 5.07. The molecule has 1 aliphatic heterocycles. The van der Waals surface area contributed by atoms with Crippen molar-refractivity contribution in [3.05, 3.63) is 52.3 Å². The zero-order valence-corrected chi connectivity index (χ0v) is 17.1. The van der Waals surface area contributed by atoms with Gasteiger partial charge in [-0.2, -0.15) is 0 Å². The fourth-order valence-corrected chi connectivity index (χ4v) is 3.43. The lowest BCUT2D eigenvalue weighted by Gasteiger charge is -2.12. The van der Waals surface area contributed by atoms with E-state index in [1.807, 2.05) is 11.5 Å². The molecule has 10 nitrogen and oxygen atoms in total. The maximum absolute atomic E-state index is 12.9. The van der Waals surface area contributed by atoms with Gasteiger partial charge >= 0.3 is 0 Å². The third kappa shape index (κ3) is 4.37. The van der Waals surface area contributed by atoms with E-state index in [1.54, 1.807) is 24.7 Å². The van der Waals surface area contributed by atoms with Crippen molar-refractivity contribution in [2.75, 3.05) is 19.9 Å². The van der Waals surface area contributed by atoms with Crippen LogP contribution in [0.1, 0.15) is 29.4 Å². The Hall–Kier alpha value is -3.82. The summed E-state index contributed by atoms with van der Waals surface area (Å²) >= 11 is 0. The molecule has 4 rings (SSSR count). The van der Waals surface area contributed by atoms with Gasteiger partial charge in [-0.1, -0.05) is 0 Å². The average molecular weight is 425 g/mol. The number of hydrogen-bond acceptors (Lipinski definition) is 6. The molecule has 2 amide bonds. The van der Waals surface area contributed by atoms with Gasteiger partial charge in [0.1, 0.15) is 5.56 Å². The van der Waals surface area contributed by atoms with Crippen LogP contribution >= 0.6 is 0 Å². The van der Waals surface area contributed by atoms with E-state index in [-0.39, 0.29) is 36.7 Å². The van der Waals surface area contributed by atoms with E-state index in [9.17, 15) is 14.4 Å². The van der Waals surface area contributed by atoms with Gasteiger partial charge < -0.3 is 29.7 Å². The Morgan fingerprint density at radius 2 is 2.00 bits per heavy atom. The second-order valence-electron chi connectivity index (χ2n) is 7.06. The highest BCUT2D eigenvalue weighted by molar-refractivity contribution is 5.98. The standard InChI is InChI=1S/C21H23N5O5/c1-2-26-10-15(20(28)14-7-17-18(8-16(14)26)31-12-30-17)21(29)24-6-4-19(27)23-5-3-13-9-22-11-25-13/h7-11H,2-6,12H2,1H3,(H,22,25)(H,23,27)(H,24,29). The van der Waals surface area contributed by atoms with E-state index in [1.165, 1.54) is 6.20 Å². The molecule has 3 N–H and O–H groups in total. The number of amides is 2. The van der Waals surface area contributed by atoms with Gasteiger partial charge in [-0.25, -0.2) is 4.98 Å². The molecule has 3 aromatic rings. The lowest BCUT2D eigenvalue weighted by molar-refractivity contribution is -0.120. The lowest BCUT2D eigenvalue weighted by Crippen LogP contribution is -2.34. The number of H-pyrrole nitrogens is 1. The van der Waals surface area contributed by atoms with Crippen molar-refractivity contribution in [3.8, 4) is 11.5 Å². The van der Waals surface area contributed by atoms with Crippen molar-refractivity contribution < 1.29 is 19.1 Å². The van der Waals surface area contributed by atoms with Crippen molar-refractivity contribution in [1.82, 2.24) is 25.2 Å². The van der Waals surface area contributed by atoms with E-state index in [2.05, 4.69) is 20.6 Å². The summed E-state index contributed by atoms with van der Waals surface area (Å²) in [5.41, 5.74) is 1.23. The fourth-order valence-electron chi connectivity index (χ4n) is 3.43. The van der Waals surface area contributed by atoms with Gasteiger partial charge in [0, 0.05) is 56.6 Å². The molecule has 3 heterocycles. The summed E-state index contributed by atoms with van der Waals surface area (Å²) < 4.78 is 12.6. The lowest BCUT2D eigenvalue weighted by atomic mass is 10.1. The number of fused-ring (bicyclic) bond motifs is 2. The molecule has 0 saturated heterocycles. The molecule has 0 atom stereocenters. The smallest absolute Gasteiger partial charge is 0.256 e. The van der Waals surface area contributed by atoms with E-state index in [0.29, 0.717) is 41.9 Å². The monoisotopic (exact) mass is 425 g/mol. The van der Waals surface area contributed by atoms with Crippen LogP contribution in [0.4, 0.5) is 0 Å². The quantitative estimate of drug-likeness (QED) is 0.493. The van der Waals surface area contributed by atoms with Crippen LogP contribution in [0.25, 0.3) is 10.9 Å². The predicted molar refractivity (Wildman–Crippen MR) is 112 cm³/mol. The van der Waals surface area contributed by atoms with Crippen molar-refractivity contribution in [1.29, 1.82) is 0 Å². The van der Waals surface area contributed by atoms with Crippen molar-refractivity contribution in [2.45, 2.75) is 26.3 Å². The van der Waals surface area contributed by atoms with Crippen LogP contribution in [0.3, 0.4) is 0 Å². The molecular formula is C21H23N5O5. The molecule has 2 aromatic heterocycles. The molecule has 0 fully saturated rings. The SMILES string of the molecule is CCn1cc(C(=O)NCCC(=O)NCCc2cnc[nH]2)c(=O)c2cc3c(cc21)OCO3. The van der Waals surface area contributed by atoms with E-state index in [0.717, 1.165) is 5.69 Å². The number of nitrogens with one attached hydrogen (secondary N) is 3. The van der Waals surface area contributed by atoms with E-state index < -0.39 is 5.91 Å². The molecular weight excluding hydrogens is 402 g/mol. The maximum Gasteiger partial charge on any atom is 0.256 e. The summed E-state index contributed by atoms with van der Waals surface area (Å²) in [6, 6.07) is 3.36. The molecule has 1 aliphatic rings. The minimum absolute atomic E-state index is 0.0212. The first-order chi connectivity index (χ1) is 15.1. The molecule has 0 spiro atoms. The number of carbonyl (C=O) groups excluding carboxylic acids is 2. The first-order valence-corrected chi connectivity index (χ1v) is 10.1. The van der Waals surface area contributed by atoms with Gasteiger partial charge in [0.05, 0.1) is 17.2 Å². The average Bonchev–Trinajstić information content (AvgIpc) is 3.44. The first-order valence-electron chi connectivity index (χ1n) is 10.1. The Balaban J connectivity index is 1.39. The van der Waals surface area contributed by atoms with Crippen LogP contribution in [0.5, 0.6) is 11.5 Å². The van der Waals surface area contributed by atoms with Crippen molar-refractivity contribution in [3.63, 3.8) is 0 Å². The van der Waals surface area contributed by atoms with Gasteiger partial charge in [0.25, 0.3) is 5.91 Å². The maximum atomic E-state index is 12.9. The minimum atomic E-state index is -0.517. The molecule has 0 aliphatic carbocycles. The predicted octanol–water partition coefficient (Wildman–Crippen LogP) is 0.952. The molecule has 162 valence electrons. The number of pyridine rings is 1. The molecule has 0 bridgehead atoms. The largest absolute Gasteiger partial charge is 0.454 e. The summed E-state index contributed by atoms with van der Waals surface area (Å²) in [5.74, 6) is 0.357. The highest BCUT2D eigenvalue weighted by Gasteiger charge is 2.20. The molecule has 0 saturated carbocycles. The molecule has 31 heavy (non-hydrogen) atoms. The zero-order chi connectivity index (χ0) is 21.8. The normalized spacial score (nSPS) is 12.2. The van der Waals surface area contributed by atoms with Gasteiger partial charge in [-0.15, -0.1) is 0 Å². The number of benzene rings is 1. The summed E-state index contributed by atoms with van der Waals surface area (Å²) in [7, 11) is 0. The Kier molecular flexibility index (Phi) is 5.87. The second-order valence-corrected chi connectivity index (χ2v) is 7.06.